The van der Waals surface area contributed by atoms with E-state index < -0.39 is 5.97 Å². The molecule has 60 valence electrons. The molecule has 0 unspecified atom stereocenters. The van der Waals surface area contributed by atoms with Crippen LogP contribution in [0.4, 0.5) is 0 Å². The number of carbonyl (C=O) groups is 1. The SMILES string of the molecule is Cc1c(Cl)n[nH]c1CC(=O)O. The van der Waals surface area contributed by atoms with Crippen LogP contribution in [-0.4, -0.2) is 21.3 Å². The summed E-state index contributed by atoms with van der Waals surface area (Å²) in [7, 11) is 0. The van der Waals surface area contributed by atoms with Crippen LogP contribution in [0, 0.1) is 6.92 Å². The lowest BCUT2D eigenvalue weighted by atomic mass is 10.2. The highest BCUT2D eigenvalue weighted by Gasteiger charge is 2.09. The van der Waals surface area contributed by atoms with Crippen LogP contribution in [0.15, 0.2) is 0 Å². The number of nitrogens with one attached hydrogen (secondary N) is 1. The van der Waals surface area contributed by atoms with E-state index in [0.717, 1.165) is 0 Å². The average Bonchev–Trinajstić information content (AvgIpc) is 2.18. The quantitative estimate of drug-likeness (QED) is 0.703. The lowest BCUT2D eigenvalue weighted by molar-refractivity contribution is -0.136. The molecule has 0 aliphatic heterocycles. The monoisotopic (exact) mass is 174 g/mol. The molecule has 0 fully saturated rings. The van der Waals surface area contributed by atoms with Crippen molar-refractivity contribution in [3.05, 3.63) is 16.4 Å². The van der Waals surface area contributed by atoms with E-state index in [1.165, 1.54) is 0 Å². The molecule has 11 heavy (non-hydrogen) atoms. The second kappa shape index (κ2) is 2.92. The third kappa shape index (κ3) is 1.71. The van der Waals surface area contributed by atoms with Crippen LogP contribution in [0.2, 0.25) is 5.15 Å². The van der Waals surface area contributed by atoms with Crippen molar-refractivity contribution in [2.75, 3.05) is 0 Å². The fourth-order valence-electron chi connectivity index (χ4n) is 0.732. The van der Waals surface area contributed by atoms with Crippen molar-refractivity contribution < 1.29 is 9.90 Å². The Hall–Kier alpha value is -1.03. The van der Waals surface area contributed by atoms with E-state index >= 15 is 0 Å². The molecule has 1 aromatic heterocycles. The number of hydrogen-bond donors (Lipinski definition) is 2. The van der Waals surface area contributed by atoms with Crippen LogP contribution >= 0.6 is 11.6 Å². The van der Waals surface area contributed by atoms with Crippen molar-refractivity contribution in [2.24, 2.45) is 0 Å². The molecule has 0 radical (unpaired) electrons. The van der Waals surface area contributed by atoms with Gasteiger partial charge in [-0.05, 0) is 6.92 Å². The number of carboxylic acids is 1. The fourth-order valence-corrected chi connectivity index (χ4v) is 0.888. The van der Waals surface area contributed by atoms with Gasteiger partial charge in [0.15, 0.2) is 5.15 Å². The van der Waals surface area contributed by atoms with Crippen LogP contribution in [0.1, 0.15) is 11.3 Å². The first-order valence-corrected chi connectivity index (χ1v) is 3.40. The van der Waals surface area contributed by atoms with Gasteiger partial charge in [-0.1, -0.05) is 11.6 Å². The third-order valence-corrected chi connectivity index (χ3v) is 1.75. The molecule has 0 aromatic carbocycles. The van der Waals surface area contributed by atoms with E-state index in [9.17, 15) is 4.79 Å². The Labute approximate surface area is 68.2 Å². The first-order valence-electron chi connectivity index (χ1n) is 3.02. The van der Waals surface area contributed by atoms with Gasteiger partial charge in [0.25, 0.3) is 0 Å². The van der Waals surface area contributed by atoms with Crippen LogP contribution in [0.5, 0.6) is 0 Å². The summed E-state index contributed by atoms with van der Waals surface area (Å²) >= 11 is 5.58. The molecule has 2 N–H and O–H groups in total. The zero-order valence-corrected chi connectivity index (χ0v) is 6.64. The van der Waals surface area contributed by atoms with E-state index in [-0.39, 0.29) is 6.42 Å². The molecule has 0 saturated heterocycles. The molecule has 4 nitrogen and oxygen atoms in total. The van der Waals surface area contributed by atoms with Crippen molar-refractivity contribution in [3.8, 4) is 0 Å². The summed E-state index contributed by atoms with van der Waals surface area (Å²) in [5.74, 6) is -0.895. The summed E-state index contributed by atoms with van der Waals surface area (Å²) in [4.78, 5) is 10.2. The molecular weight excluding hydrogens is 168 g/mol. The van der Waals surface area contributed by atoms with Crippen molar-refractivity contribution in [2.45, 2.75) is 13.3 Å². The van der Waals surface area contributed by atoms with Gasteiger partial charge in [-0.2, -0.15) is 5.10 Å². The molecule has 0 spiro atoms. The maximum absolute atomic E-state index is 10.2. The van der Waals surface area contributed by atoms with Gasteiger partial charge in [0, 0.05) is 5.56 Å². The van der Waals surface area contributed by atoms with Gasteiger partial charge in [0.05, 0.1) is 12.1 Å². The van der Waals surface area contributed by atoms with Gasteiger partial charge in [-0.25, -0.2) is 0 Å². The van der Waals surface area contributed by atoms with Gasteiger partial charge < -0.3 is 5.11 Å². The highest BCUT2D eigenvalue weighted by molar-refractivity contribution is 6.30. The Morgan fingerprint density at radius 1 is 1.82 bits per heavy atom. The van der Waals surface area contributed by atoms with E-state index in [2.05, 4.69) is 10.2 Å². The summed E-state index contributed by atoms with van der Waals surface area (Å²) in [6, 6.07) is 0. The molecule has 1 heterocycles. The molecule has 0 amide bonds. The molecule has 0 atom stereocenters. The number of hydrogen-bond acceptors (Lipinski definition) is 2. The van der Waals surface area contributed by atoms with E-state index in [4.69, 9.17) is 16.7 Å². The number of aromatic nitrogens is 2. The minimum atomic E-state index is -0.895. The van der Waals surface area contributed by atoms with Gasteiger partial charge in [-0.15, -0.1) is 0 Å². The third-order valence-electron chi connectivity index (χ3n) is 1.38. The van der Waals surface area contributed by atoms with E-state index in [0.29, 0.717) is 16.4 Å². The van der Waals surface area contributed by atoms with E-state index in [1.54, 1.807) is 6.92 Å². The zero-order valence-electron chi connectivity index (χ0n) is 5.89. The number of rotatable bonds is 2. The van der Waals surface area contributed by atoms with Crippen molar-refractivity contribution in [1.29, 1.82) is 0 Å². The minimum Gasteiger partial charge on any atom is -0.481 e. The van der Waals surface area contributed by atoms with Crippen LogP contribution in [-0.2, 0) is 11.2 Å². The molecule has 0 aliphatic carbocycles. The number of H-pyrrole nitrogens is 1. The number of aliphatic carboxylic acids is 1. The summed E-state index contributed by atoms with van der Waals surface area (Å²) in [5, 5.41) is 14.9. The van der Waals surface area contributed by atoms with Gasteiger partial charge >= 0.3 is 5.97 Å². The van der Waals surface area contributed by atoms with Gasteiger partial charge in [0.1, 0.15) is 0 Å². The number of aromatic amines is 1. The number of halogens is 1. The summed E-state index contributed by atoms with van der Waals surface area (Å²) in [6.45, 7) is 1.73. The summed E-state index contributed by atoms with van der Waals surface area (Å²) < 4.78 is 0. The first kappa shape index (κ1) is 8.07. The first-order chi connectivity index (χ1) is 5.11. The van der Waals surface area contributed by atoms with Crippen molar-refractivity contribution in [3.63, 3.8) is 0 Å². The minimum absolute atomic E-state index is 0.0639. The molecular formula is C6H7ClN2O2. The fraction of sp³-hybridized carbons (Fsp3) is 0.333. The maximum atomic E-state index is 10.2. The molecule has 0 bridgehead atoms. The van der Waals surface area contributed by atoms with Crippen LogP contribution in [0.25, 0.3) is 0 Å². The second-order valence-electron chi connectivity index (χ2n) is 2.19. The zero-order chi connectivity index (χ0) is 8.43. The smallest absolute Gasteiger partial charge is 0.309 e. The molecule has 0 saturated carbocycles. The Morgan fingerprint density at radius 2 is 2.45 bits per heavy atom. The lowest BCUT2D eigenvalue weighted by Crippen LogP contribution is -2.01. The maximum Gasteiger partial charge on any atom is 0.309 e. The van der Waals surface area contributed by atoms with Crippen molar-refractivity contribution >= 4 is 17.6 Å². The molecule has 1 rings (SSSR count). The van der Waals surface area contributed by atoms with Gasteiger partial charge in [-0.3, -0.25) is 9.89 Å². The Balaban J connectivity index is 2.87. The highest BCUT2D eigenvalue weighted by atomic mass is 35.5. The van der Waals surface area contributed by atoms with Crippen molar-refractivity contribution in [1.82, 2.24) is 10.2 Å². The Morgan fingerprint density at radius 3 is 2.82 bits per heavy atom. The Kier molecular flexibility index (Phi) is 2.14. The largest absolute Gasteiger partial charge is 0.481 e. The second-order valence-corrected chi connectivity index (χ2v) is 2.55. The normalized spacial score (nSPS) is 10.0. The number of nitrogens with zero attached hydrogens (tertiary/aromatic N) is 1. The predicted molar refractivity (Wildman–Crippen MR) is 39.7 cm³/mol. The topological polar surface area (TPSA) is 66.0 Å². The average molecular weight is 175 g/mol. The Bertz CT molecular complexity index is 282. The van der Waals surface area contributed by atoms with Crippen LogP contribution < -0.4 is 0 Å². The van der Waals surface area contributed by atoms with Gasteiger partial charge in [0.2, 0.25) is 0 Å². The molecule has 0 aliphatic rings. The predicted octanol–water partition coefficient (Wildman–Crippen LogP) is 0.999. The standard InChI is InChI=1S/C6H7ClN2O2/c1-3-4(2-5(10)11)8-9-6(3)7/h2H2,1H3,(H,8,9)(H,10,11). The molecule has 1 aromatic rings. The lowest BCUT2D eigenvalue weighted by Gasteiger charge is -1.91. The van der Waals surface area contributed by atoms with E-state index in [1.807, 2.05) is 0 Å². The number of carboxylic acid groups (broad SMARTS) is 1. The van der Waals surface area contributed by atoms with Crippen LogP contribution in [0.3, 0.4) is 0 Å². The summed E-state index contributed by atoms with van der Waals surface area (Å²) in [6.07, 6.45) is -0.0639. The summed E-state index contributed by atoms with van der Waals surface area (Å²) in [5.41, 5.74) is 1.26. The molecule has 5 heteroatoms. The highest BCUT2D eigenvalue weighted by Crippen LogP contribution is 2.14.